The number of rotatable bonds is 6. The zero-order valence-corrected chi connectivity index (χ0v) is 12.9. The van der Waals surface area contributed by atoms with Gasteiger partial charge in [0.25, 0.3) is 0 Å². The van der Waals surface area contributed by atoms with Gasteiger partial charge in [-0.1, -0.05) is 13.0 Å². The van der Waals surface area contributed by atoms with E-state index in [4.69, 9.17) is 5.11 Å². The van der Waals surface area contributed by atoms with Gasteiger partial charge in [-0.25, -0.2) is 17.6 Å². The fraction of sp³-hybridized carbons (Fsp3) is 0.357. The van der Waals surface area contributed by atoms with E-state index in [0.29, 0.717) is 6.42 Å². The molecule has 7 heteroatoms. The van der Waals surface area contributed by atoms with Crippen molar-refractivity contribution in [2.45, 2.75) is 31.2 Å². The molecule has 0 radical (unpaired) electrons. The molecule has 116 valence electrons. The minimum absolute atomic E-state index is 0.249. The molecule has 1 aromatic rings. The number of carboxylic acids is 1. The second kappa shape index (κ2) is 6.82. The lowest BCUT2D eigenvalue weighted by Gasteiger charge is -2.23. The summed E-state index contributed by atoms with van der Waals surface area (Å²) in [6.45, 7) is 3.58. The monoisotopic (exact) mass is 315 g/mol. The van der Waals surface area contributed by atoms with E-state index in [1.165, 1.54) is 19.2 Å². The summed E-state index contributed by atoms with van der Waals surface area (Å²) in [5.74, 6) is -2.07. The summed E-state index contributed by atoms with van der Waals surface area (Å²) in [4.78, 5) is 9.98. The molecular weight excluding hydrogens is 297 g/mol. The molecule has 0 aliphatic heterocycles. The molecule has 0 heterocycles. The van der Waals surface area contributed by atoms with Crippen LogP contribution in [0.2, 0.25) is 0 Å². The highest BCUT2D eigenvalue weighted by molar-refractivity contribution is 7.89. The summed E-state index contributed by atoms with van der Waals surface area (Å²) in [5.41, 5.74) is 0.278. The predicted molar refractivity (Wildman–Crippen MR) is 77.8 cm³/mol. The number of hydrogen-bond acceptors (Lipinski definition) is 3. The van der Waals surface area contributed by atoms with Crippen molar-refractivity contribution in [3.63, 3.8) is 0 Å². The van der Waals surface area contributed by atoms with E-state index in [2.05, 4.69) is 0 Å². The number of carbonyl (C=O) groups is 1. The maximum Gasteiger partial charge on any atom is 0.328 e. The normalized spacial score (nSPS) is 13.8. The predicted octanol–water partition coefficient (Wildman–Crippen LogP) is 2.34. The van der Waals surface area contributed by atoms with Gasteiger partial charge in [-0.05, 0) is 37.1 Å². The summed E-state index contributed by atoms with van der Waals surface area (Å²) in [6, 6.07) is 3.25. The Bertz CT molecular complexity index is 655. The summed E-state index contributed by atoms with van der Waals surface area (Å²) in [5, 5.41) is 8.51. The summed E-state index contributed by atoms with van der Waals surface area (Å²) < 4.78 is 39.7. The minimum atomic E-state index is -3.91. The van der Waals surface area contributed by atoms with Crippen LogP contribution in [0, 0.1) is 5.82 Å². The molecule has 0 aliphatic rings. The van der Waals surface area contributed by atoms with E-state index < -0.39 is 26.7 Å². The van der Waals surface area contributed by atoms with Crippen molar-refractivity contribution in [3.8, 4) is 0 Å². The number of benzene rings is 1. The van der Waals surface area contributed by atoms with Gasteiger partial charge in [0.2, 0.25) is 10.0 Å². The molecule has 1 aromatic carbocycles. The minimum Gasteiger partial charge on any atom is -0.478 e. The first-order valence-electron chi connectivity index (χ1n) is 6.38. The third kappa shape index (κ3) is 4.12. The lowest BCUT2D eigenvalue weighted by molar-refractivity contribution is -0.131. The Morgan fingerprint density at radius 1 is 1.48 bits per heavy atom. The third-order valence-electron chi connectivity index (χ3n) is 3.24. The Morgan fingerprint density at radius 3 is 2.57 bits per heavy atom. The molecule has 0 aromatic heterocycles. The van der Waals surface area contributed by atoms with Gasteiger partial charge in [-0.3, -0.25) is 0 Å². The van der Waals surface area contributed by atoms with Crippen LogP contribution < -0.4 is 0 Å². The molecule has 21 heavy (non-hydrogen) atoms. The highest BCUT2D eigenvalue weighted by Gasteiger charge is 2.27. The molecule has 0 saturated heterocycles. The van der Waals surface area contributed by atoms with Crippen molar-refractivity contribution in [1.29, 1.82) is 0 Å². The van der Waals surface area contributed by atoms with Gasteiger partial charge < -0.3 is 5.11 Å². The van der Waals surface area contributed by atoms with Crippen LogP contribution in [0.15, 0.2) is 29.2 Å². The summed E-state index contributed by atoms with van der Waals surface area (Å²) in [6.07, 6.45) is 2.66. The fourth-order valence-electron chi connectivity index (χ4n) is 1.65. The van der Waals surface area contributed by atoms with Gasteiger partial charge in [-0.2, -0.15) is 4.31 Å². The van der Waals surface area contributed by atoms with Crippen molar-refractivity contribution in [2.75, 3.05) is 7.05 Å². The largest absolute Gasteiger partial charge is 0.478 e. The van der Waals surface area contributed by atoms with Crippen LogP contribution in [0.5, 0.6) is 0 Å². The standard InChI is InChI=1S/C14H18FNO4S/c1-4-10(2)16(3)21(19,20)13-7-5-11(9-12(13)15)6-8-14(17)18/h5-10H,4H2,1-3H3,(H,17,18)/b8-6+. The molecule has 0 spiro atoms. The second-order valence-corrected chi connectivity index (χ2v) is 6.61. The van der Waals surface area contributed by atoms with Gasteiger partial charge in [0.05, 0.1) is 0 Å². The molecular formula is C14H18FNO4S. The molecule has 1 N–H and O–H groups in total. The average Bonchev–Trinajstić information content (AvgIpc) is 2.43. The molecule has 5 nitrogen and oxygen atoms in total. The molecule has 1 unspecified atom stereocenters. The van der Waals surface area contributed by atoms with Crippen molar-refractivity contribution < 1.29 is 22.7 Å². The Balaban J connectivity index is 3.18. The summed E-state index contributed by atoms with van der Waals surface area (Å²) >= 11 is 0. The van der Waals surface area contributed by atoms with Gasteiger partial charge in [0.1, 0.15) is 10.7 Å². The zero-order valence-electron chi connectivity index (χ0n) is 12.1. The van der Waals surface area contributed by atoms with Gasteiger partial charge in [0, 0.05) is 19.2 Å². The van der Waals surface area contributed by atoms with Gasteiger partial charge in [0.15, 0.2) is 0 Å². The number of carboxylic acid groups (broad SMARTS) is 1. The number of hydrogen-bond donors (Lipinski definition) is 1. The van der Waals surface area contributed by atoms with Crippen LogP contribution in [-0.2, 0) is 14.8 Å². The third-order valence-corrected chi connectivity index (χ3v) is 5.25. The van der Waals surface area contributed by atoms with Crippen LogP contribution in [0.4, 0.5) is 4.39 Å². The Kier molecular flexibility index (Phi) is 5.62. The Hall–Kier alpha value is -1.73. The van der Waals surface area contributed by atoms with Crippen molar-refractivity contribution >= 4 is 22.1 Å². The number of aliphatic carboxylic acids is 1. The Morgan fingerprint density at radius 2 is 2.10 bits per heavy atom. The molecule has 0 aliphatic carbocycles. The lowest BCUT2D eigenvalue weighted by atomic mass is 10.2. The fourth-order valence-corrected chi connectivity index (χ4v) is 3.13. The first-order chi connectivity index (χ1) is 9.70. The van der Waals surface area contributed by atoms with Crippen LogP contribution in [0.3, 0.4) is 0 Å². The molecule has 0 bridgehead atoms. The van der Waals surface area contributed by atoms with Crippen LogP contribution in [0.1, 0.15) is 25.8 Å². The van der Waals surface area contributed by atoms with E-state index in [0.717, 1.165) is 22.5 Å². The zero-order chi connectivity index (χ0) is 16.2. The SMILES string of the molecule is CCC(C)N(C)S(=O)(=O)c1ccc(/C=C/C(=O)O)cc1F. The molecule has 1 atom stereocenters. The first kappa shape index (κ1) is 17.3. The second-order valence-electron chi connectivity index (χ2n) is 4.64. The van der Waals surface area contributed by atoms with Crippen LogP contribution >= 0.6 is 0 Å². The molecule has 0 fully saturated rings. The topological polar surface area (TPSA) is 74.7 Å². The smallest absolute Gasteiger partial charge is 0.328 e. The van der Waals surface area contributed by atoms with Crippen LogP contribution in [0.25, 0.3) is 6.08 Å². The van der Waals surface area contributed by atoms with E-state index in [1.54, 1.807) is 6.92 Å². The average molecular weight is 315 g/mol. The van der Waals surface area contributed by atoms with E-state index in [-0.39, 0.29) is 11.6 Å². The van der Waals surface area contributed by atoms with E-state index in [9.17, 15) is 17.6 Å². The molecule has 1 rings (SSSR count). The summed E-state index contributed by atoms with van der Waals surface area (Å²) in [7, 11) is -2.51. The van der Waals surface area contributed by atoms with Crippen molar-refractivity contribution in [1.82, 2.24) is 4.31 Å². The quantitative estimate of drug-likeness (QED) is 0.818. The Labute approximate surface area is 123 Å². The lowest BCUT2D eigenvalue weighted by Crippen LogP contribution is -2.35. The maximum atomic E-state index is 14.0. The van der Waals surface area contributed by atoms with E-state index >= 15 is 0 Å². The maximum absolute atomic E-state index is 14.0. The van der Waals surface area contributed by atoms with Gasteiger partial charge in [-0.15, -0.1) is 0 Å². The van der Waals surface area contributed by atoms with E-state index in [1.807, 2.05) is 6.92 Å². The van der Waals surface area contributed by atoms with Crippen molar-refractivity contribution in [3.05, 3.63) is 35.7 Å². The van der Waals surface area contributed by atoms with Crippen LogP contribution in [-0.4, -0.2) is 36.9 Å². The number of halogens is 1. The first-order valence-corrected chi connectivity index (χ1v) is 7.82. The molecule has 0 amide bonds. The number of sulfonamides is 1. The highest BCUT2D eigenvalue weighted by Crippen LogP contribution is 2.22. The molecule has 0 saturated carbocycles. The number of nitrogens with zero attached hydrogens (tertiary/aromatic N) is 1. The van der Waals surface area contributed by atoms with Crippen molar-refractivity contribution in [2.24, 2.45) is 0 Å². The highest BCUT2D eigenvalue weighted by atomic mass is 32.2. The van der Waals surface area contributed by atoms with Gasteiger partial charge >= 0.3 is 5.97 Å².